The van der Waals surface area contributed by atoms with E-state index in [1.54, 1.807) is 0 Å². The van der Waals surface area contributed by atoms with Crippen molar-refractivity contribution in [1.82, 2.24) is 14.9 Å². The minimum atomic E-state index is -3.47. The van der Waals surface area contributed by atoms with Gasteiger partial charge in [-0.05, 0) is 37.7 Å². The molecule has 1 heterocycles. The molecule has 1 fully saturated rings. The highest BCUT2D eigenvalue weighted by molar-refractivity contribution is 7.89. The van der Waals surface area contributed by atoms with Crippen molar-refractivity contribution in [2.24, 2.45) is 0 Å². The van der Waals surface area contributed by atoms with Crippen LogP contribution in [0.5, 0.6) is 0 Å². The van der Waals surface area contributed by atoms with Crippen LogP contribution in [0.15, 0.2) is 29.2 Å². The highest BCUT2D eigenvalue weighted by Gasteiger charge is 2.31. The Bertz CT molecular complexity index is 589. The number of carbonyl (C=O) groups excluding carboxylic acids is 1. The van der Waals surface area contributed by atoms with Crippen LogP contribution in [0.25, 0.3) is 0 Å². The minimum Gasteiger partial charge on any atom is -0.355 e. The average molecular weight is 334 g/mol. The Hall–Kier alpha value is -1.15. The predicted molar refractivity (Wildman–Crippen MR) is 83.3 cm³/mol. The molecule has 0 radical (unpaired) electrons. The van der Waals surface area contributed by atoms with E-state index in [1.165, 1.54) is 35.6 Å². The SMILES string of the molecule is CNC(=O)c1ccc(S(=O)(=O)N2CCC(NC)C2)cc1.Cl. The molecule has 1 saturated heterocycles. The number of carbonyl (C=O) groups is 1. The molecular weight excluding hydrogens is 314 g/mol. The van der Waals surface area contributed by atoms with Crippen LogP contribution in [-0.4, -0.2) is 51.9 Å². The van der Waals surface area contributed by atoms with Crippen LogP contribution in [0, 0.1) is 0 Å². The summed E-state index contributed by atoms with van der Waals surface area (Å²) in [6.07, 6.45) is 0.812. The second-order valence-electron chi connectivity index (χ2n) is 4.74. The van der Waals surface area contributed by atoms with Gasteiger partial charge < -0.3 is 10.6 Å². The van der Waals surface area contributed by atoms with Crippen molar-refractivity contribution in [2.45, 2.75) is 17.4 Å². The molecule has 0 aliphatic carbocycles. The zero-order valence-electron chi connectivity index (χ0n) is 12.0. The topological polar surface area (TPSA) is 78.5 Å². The molecule has 118 valence electrons. The fourth-order valence-corrected chi connectivity index (χ4v) is 3.75. The van der Waals surface area contributed by atoms with E-state index in [1.807, 2.05) is 7.05 Å². The van der Waals surface area contributed by atoms with E-state index in [4.69, 9.17) is 0 Å². The van der Waals surface area contributed by atoms with Gasteiger partial charge in [-0.1, -0.05) is 0 Å². The molecular formula is C13H20ClN3O3S. The number of hydrogen-bond acceptors (Lipinski definition) is 4. The van der Waals surface area contributed by atoms with E-state index < -0.39 is 10.0 Å². The summed E-state index contributed by atoms with van der Waals surface area (Å²) < 4.78 is 26.4. The summed E-state index contributed by atoms with van der Waals surface area (Å²) in [5, 5.41) is 5.59. The number of amides is 1. The highest BCUT2D eigenvalue weighted by Crippen LogP contribution is 2.21. The molecule has 8 heteroatoms. The number of rotatable bonds is 4. The molecule has 1 aromatic rings. The molecule has 1 aliphatic heterocycles. The Kier molecular flexibility index (Phi) is 6.15. The number of halogens is 1. The molecule has 2 rings (SSSR count). The summed E-state index contributed by atoms with van der Waals surface area (Å²) in [6.45, 7) is 1.00. The Morgan fingerprint density at radius 1 is 1.24 bits per heavy atom. The van der Waals surface area contributed by atoms with E-state index in [0.717, 1.165) is 6.42 Å². The molecule has 6 nitrogen and oxygen atoms in total. The molecule has 0 spiro atoms. The van der Waals surface area contributed by atoms with Crippen molar-refractivity contribution in [3.05, 3.63) is 29.8 Å². The van der Waals surface area contributed by atoms with Crippen LogP contribution in [0.3, 0.4) is 0 Å². The lowest BCUT2D eigenvalue weighted by atomic mass is 10.2. The lowest BCUT2D eigenvalue weighted by molar-refractivity contribution is 0.0963. The minimum absolute atomic E-state index is 0. The third kappa shape index (κ3) is 3.74. The number of nitrogens with one attached hydrogen (secondary N) is 2. The van der Waals surface area contributed by atoms with E-state index >= 15 is 0 Å². The van der Waals surface area contributed by atoms with Crippen molar-refractivity contribution in [1.29, 1.82) is 0 Å². The Labute approximate surface area is 131 Å². The molecule has 1 aliphatic rings. The molecule has 1 atom stereocenters. The van der Waals surface area contributed by atoms with Crippen molar-refractivity contribution in [3.8, 4) is 0 Å². The molecule has 21 heavy (non-hydrogen) atoms. The van der Waals surface area contributed by atoms with Crippen LogP contribution in [0.4, 0.5) is 0 Å². The quantitative estimate of drug-likeness (QED) is 0.838. The van der Waals surface area contributed by atoms with E-state index in [0.29, 0.717) is 18.7 Å². The Morgan fingerprint density at radius 3 is 2.33 bits per heavy atom. The second-order valence-corrected chi connectivity index (χ2v) is 6.68. The van der Waals surface area contributed by atoms with Crippen LogP contribution >= 0.6 is 12.4 Å². The largest absolute Gasteiger partial charge is 0.355 e. The maximum Gasteiger partial charge on any atom is 0.251 e. The van der Waals surface area contributed by atoms with Gasteiger partial charge in [-0.15, -0.1) is 12.4 Å². The third-order valence-electron chi connectivity index (χ3n) is 3.54. The molecule has 1 amide bonds. The number of nitrogens with zero attached hydrogens (tertiary/aromatic N) is 1. The van der Waals surface area contributed by atoms with Gasteiger partial charge in [-0.25, -0.2) is 8.42 Å². The Balaban J connectivity index is 0.00000220. The van der Waals surface area contributed by atoms with Crippen molar-refractivity contribution < 1.29 is 13.2 Å². The van der Waals surface area contributed by atoms with Gasteiger partial charge >= 0.3 is 0 Å². The zero-order chi connectivity index (χ0) is 14.8. The van der Waals surface area contributed by atoms with E-state index in [9.17, 15) is 13.2 Å². The van der Waals surface area contributed by atoms with Crippen molar-refractivity contribution >= 4 is 28.3 Å². The van der Waals surface area contributed by atoms with Gasteiger partial charge in [0.15, 0.2) is 0 Å². The van der Waals surface area contributed by atoms with Gasteiger partial charge in [-0.3, -0.25) is 4.79 Å². The molecule has 1 unspecified atom stereocenters. The maximum atomic E-state index is 12.4. The first-order valence-corrected chi connectivity index (χ1v) is 7.92. The van der Waals surface area contributed by atoms with Gasteiger partial charge in [0.2, 0.25) is 10.0 Å². The van der Waals surface area contributed by atoms with Gasteiger partial charge in [-0.2, -0.15) is 4.31 Å². The van der Waals surface area contributed by atoms with E-state index in [-0.39, 0.29) is 29.3 Å². The molecule has 0 bridgehead atoms. The lowest BCUT2D eigenvalue weighted by Gasteiger charge is -2.16. The number of sulfonamides is 1. The first-order chi connectivity index (χ1) is 9.48. The summed E-state index contributed by atoms with van der Waals surface area (Å²) in [5.41, 5.74) is 0.445. The molecule has 1 aromatic carbocycles. The smallest absolute Gasteiger partial charge is 0.251 e. The normalized spacial score (nSPS) is 19.0. The Morgan fingerprint density at radius 2 is 1.86 bits per heavy atom. The van der Waals surface area contributed by atoms with Gasteiger partial charge in [0.25, 0.3) is 5.91 Å². The summed E-state index contributed by atoms with van der Waals surface area (Å²) in [5.74, 6) is -0.231. The number of hydrogen-bond donors (Lipinski definition) is 2. The lowest BCUT2D eigenvalue weighted by Crippen LogP contribution is -2.33. The fourth-order valence-electron chi connectivity index (χ4n) is 2.25. The number of likely N-dealkylation sites (N-methyl/N-ethyl adjacent to an activating group) is 1. The van der Waals surface area contributed by atoms with Crippen molar-refractivity contribution in [2.75, 3.05) is 27.2 Å². The van der Waals surface area contributed by atoms with Crippen LogP contribution in [0.2, 0.25) is 0 Å². The predicted octanol–water partition coefficient (Wildman–Crippen LogP) is 0.450. The van der Waals surface area contributed by atoms with E-state index in [2.05, 4.69) is 10.6 Å². The average Bonchev–Trinajstić information content (AvgIpc) is 2.96. The molecule has 0 aromatic heterocycles. The summed E-state index contributed by atoms with van der Waals surface area (Å²) >= 11 is 0. The third-order valence-corrected chi connectivity index (χ3v) is 5.42. The van der Waals surface area contributed by atoms with Crippen LogP contribution in [0.1, 0.15) is 16.8 Å². The first kappa shape index (κ1) is 17.9. The highest BCUT2D eigenvalue weighted by atomic mass is 35.5. The molecule has 2 N–H and O–H groups in total. The van der Waals surface area contributed by atoms with Crippen LogP contribution < -0.4 is 10.6 Å². The van der Waals surface area contributed by atoms with Gasteiger partial charge in [0.1, 0.15) is 0 Å². The molecule has 0 saturated carbocycles. The van der Waals surface area contributed by atoms with Gasteiger partial charge in [0, 0.05) is 31.7 Å². The van der Waals surface area contributed by atoms with Gasteiger partial charge in [0.05, 0.1) is 4.90 Å². The fraction of sp³-hybridized carbons (Fsp3) is 0.462. The first-order valence-electron chi connectivity index (χ1n) is 6.48. The zero-order valence-corrected chi connectivity index (χ0v) is 13.6. The van der Waals surface area contributed by atoms with Crippen LogP contribution in [-0.2, 0) is 10.0 Å². The maximum absolute atomic E-state index is 12.4. The summed E-state index contributed by atoms with van der Waals surface area (Å²) in [7, 11) is -0.100. The number of benzene rings is 1. The van der Waals surface area contributed by atoms with Crippen molar-refractivity contribution in [3.63, 3.8) is 0 Å². The monoisotopic (exact) mass is 333 g/mol. The summed E-state index contributed by atoms with van der Waals surface area (Å²) in [4.78, 5) is 11.7. The standard InChI is InChI=1S/C13H19N3O3S.ClH/c1-14-11-7-8-16(9-11)20(18,19)12-5-3-10(4-6-12)13(17)15-2;/h3-6,11,14H,7-9H2,1-2H3,(H,15,17);1H. The second kappa shape index (κ2) is 7.22. The summed E-state index contributed by atoms with van der Waals surface area (Å²) in [6, 6.07) is 6.21.